The number of nitro benzene ring substituents is 1. The predicted molar refractivity (Wildman–Crippen MR) is 114 cm³/mol. The Balaban J connectivity index is 1.85. The maximum Gasteiger partial charge on any atom is 0.336 e. The molecule has 8 heteroatoms. The van der Waals surface area contributed by atoms with Gasteiger partial charge in [-0.05, 0) is 31.5 Å². The Bertz CT molecular complexity index is 1060. The number of hydrogen-bond donors (Lipinski definition) is 2. The number of non-ortho nitro benzene ring substituents is 1. The molecule has 0 aromatic heterocycles. The van der Waals surface area contributed by atoms with Gasteiger partial charge in [-0.25, -0.2) is 4.79 Å². The monoisotopic (exact) mass is 406 g/mol. The third-order valence-electron chi connectivity index (χ3n) is 5.39. The minimum absolute atomic E-state index is 0.0229. The number of hydrogen-bond acceptors (Lipinski definition) is 7. The Morgan fingerprint density at radius 1 is 1.20 bits per heavy atom. The lowest BCUT2D eigenvalue weighted by Crippen LogP contribution is -2.49. The summed E-state index contributed by atoms with van der Waals surface area (Å²) < 4.78 is 5.32. The SMILES string of the molecule is CCOC(=O)C1=C(C)NC2Nc3ccccc3N=CC2[C@H]1c1cccc([N+](=O)[O-])c1. The fourth-order valence-electron chi connectivity index (χ4n) is 4.08. The lowest BCUT2D eigenvalue weighted by molar-refractivity contribution is -0.384. The van der Waals surface area contributed by atoms with Gasteiger partial charge in [0.25, 0.3) is 5.69 Å². The van der Waals surface area contributed by atoms with Crippen molar-refractivity contribution in [3.63, 3.8) is 0 Å². The van der Waals surface area contributed by atoms with Gasteiger partial charge in [-0.2, -0.15) is 0 Å². The number of rotatable bonds is 4. The van der Waals surface area contributed by atoms with Gasteiger partial charge in [-0.1, -0.05) is 24.3 Å². The average Bonchev–Trinajstić information content (AvgIpc) is 2.92. The van der Waals surface area contributed by atoms with Crippen LogP contribution in [-0.2, 0) is 9.53 Å². The molecule has 4 rings (SSSR count). The molecule has 0 bridgehead atoms. The maximum atomic E-state index is 12.9. The zero-order valence-electron chi connectivity index (χ0n) is 16.7. The van der Waals surface area contributed by atoms with E-state index in [1.54, 1.807) is 19.1 Å². The molecular formula is C22H22N4O4. The van der Waals surface area contributed by atoms with Gasteiger partial charge in [0.1, 0.15) is 6.17 Å². The predicted octanol–water partition coefficient (Wildman–Crippen LogP) is 3.89. The maximum absolute atomic E-state index is 12.9. The van der Waals surface area contributed by atoms with Crippen molar-refractivity contribution in [1.82, 2.24) is 5.32 Å². The smallest absolute Gasteiger partial charge is 0.336 e. The summed E-state index contributed by atoms with van der Waals surface area (Å²) in [5.74, 6) is -1.17. The summed E-state index contributed by atoms with van der Waals surface area (Å²) >= 11 is 0. The van der Waals surface area contributed by atoms with Crippen molar-refractivity contribution in [2.75, 3.05) is 11.9 Å². The van der Waals surface area contributed by atoms with Gasteiger partial charge in [0, 0.05) is 35.9 Å². The molecule has 0 fully saturated rings. The van der Waals surface area contributed by atoms with Crippen molar-refractivity contribution >= 4 is 29.2 Å². The van der Waals surface area contributed by atoms with E-state index < -0.39 is 16.8 Å². The highest BCUT2D eigenvalue weighted by molar-refractivity contribution is 5.93. The number of nitrogens with one attached hydrogen (secondary N) is 2. The zero-order chi connectivity index (χ0) is 21.3. The van der Waals surface area contributed by atoms with Gasteiger partial charge >= 0.3 is 5.97 Å². The van der Waals surface area contributed by atoms with Crippen molar-refractivity contribution in [3.05, 3.63) is 75.5 Å². The van der Waals surface area contributed by atoms with E-state index in [1.165, 1.54) is 12.1 Å². The van der Waals surface area contributed by atoms with Gasteiger partial charge in [-0.15, -0.1) is 0 Å². The fraction of sp³-hybridized carbons (Fsp3) is 0.273. The van der Waals surface area contributed by atoms with Gasteiger partial charge < -0.3 is 15.4 Å². The van der Waals surface area contributed by atoms with E-state index in [-0.39, 0.29) is 24.4 Å². The largest absolute Gasteiger partial charge is 0.463 e. The Morgan fingerprint density at radius 3 is 2.77 bits per heavy atom. The highest BCUT2D eigenvalue weighted by atomic mass is 16.6. The fourth-order valence-corrected chi connectivity index (χ4v) is 4.08. The second-order valence-electron chi connectivity index (χ2n) is 7.23. The topological polar surface area (TPSA) is 106 Å². The highest BCUT2D eigenvalue weighted by Crippen LogP contribution is 2.42. The summed E-state index contributed by atoms with van der Waals surface area (Å²) in [4.78, 5) is 28.4. The van der Waals surface area contributed by atoms with Gasteiger partial charge in [0.2, 0.25) is 0 Å². The number of esters is 1. The van der Waals surface area contributed by atoms with E-state index in [2.05, 4.69) is 15.6 Å². The van der Waals surface area contributed by atoms with Crippen LogP contribution in [0.5, 0.6) is 0 Å². The molecule has 2 aromatic rings. The van der Waals surface area contributed by atoms with Gasteiger partial charge in [0.05, 0.1) is 28.5 Å². The van der Waals surface area contributed by atoms with Crippen LogP contribution in [0.25, 0.3) is 0 Å². The molecule has 2 aliphatic rings. The number of ether oxygens (including phenoxy) is 1. The number of carbonyl (C=O) groups is 1. The molecule has 2 N–H and O–H groups in total. The standard InChI is InChI=1S/C22H22N4O4/c1-3-30-22(27)19-13(2)24-21-16(12-23-17-9-4-5-10-18(17)25-21)20(19)14-7-6-8-15(11-14)26(28)29/h4-12,16,20-21,24-25H,3H2,1-2H3/t16?,20-,21?/m1/s1. The van der Waals surface area contributed by atoms with E-state index in [1.807, 2.05) is 37.4 Å². The van der Waals surface area contributed by atoms with Crippen LogP contribution in [0.3, 0.4) is 0 Å². The van der Waals surface area contributed by atoms with Crippen LogP contribution < -0.4 is 10.6 Å². The first kappa shape index (κ1) is 19.6. The normalized spacial score (nSPS) is 22.1. The Morgan fingerprint density at radius 2 is 2.00 bits per heavy atom. The van der Waals surface area contributed by atoms with Crippen molar-refractivity contribution < 1.29 is 14.5 Å². The van der Waals surface area contributed by atoms with E-state index in [9.17, 15) is 14.9 Å². The molecule has 0 aliphatic carbocycles. The molecular weight excluding hydrogens is 384 g/mol. The molecule has 30 heavy (non-hydrogen) atoms. The highest BCUT2D eigenvalue weighted by Gasteiger charge is 2.42. The molecule has 154 valence electrons. The molecule has 0 saturated carbocycles. The second kappa shape index (κ2) is 7.98. The first-order valence-corrected chi connectivity index (χ1v) is 9.78. The summed E-state index contributed by atoms with van der Waals surface area (Å²) in [6, 6.07) is 14.1. The number of fused-ring (bicyclic) bond motifs is 2. The zero-order valence-corrected chi connectivity index (χ0v) is 16.7. The van der Waals surface area contributed by atoms with E-state index in [4.69, 9.17) is 4.74 Å². The number of carbonyl (C=O) groups excluding carboxylic acids is 1. The quantitative estimate of drug-likeness (QED) is 0.453. The average molecular weight is 406 g/mol. The molecule has 0 spiro atoms. The minimum Gasteiger partial charge on any atom is -0.463 e. The van der Waals surface area contributed by atoms with Crippen LogP contribution in [0.15, 0.2) is 64.8 Å². The third-order valence-corrected chi connectivity index (χ3v) is 5.39. The molecule has 0 radical (unpaired) electrons. The van der Waals surface area contributed by atoms with E-state index in [0.717, 1.165) is 11.4 Å². The number of nitro groups is 1. The summed E-state index contributed by atoms with van der Waals surface area (Å²) in [7, 11) is 0. The van der Waals surface area contributed by atoms with Crippen LogP contribution in [0, 0.1) is 16.0 Å². The Hall–Kier alpha value is -3.68. The number of benzene rings is 2. The van der Waals surface area contributed by atoms with E-state index in [0.29, 0.717) is 16.8 Å². The van der Waals surface area contributed by atoms with Crippen LogP contribution in [0.1, 0.15) is 25.3 Å². The van der Waals surface area contributed by atoms with Crippen molar-refractivity contribution in [1.29, 1.82) is 0 Å². The number of nitrogens with zero attached hydrogens (tertiary/aromatic N) is 2. The number of para-hydroxylation sites is 2. The summed E-state index contributed by atoms with van der Waals surface area (Å²) in [5, 5.41) is 18.2. The van der Waals surface area contributed by atoms with Crippen LogP contribution in [0.4, 0.5) is 17.1 Å². The number of anilines is 1. The van der Waals surface area contributed by atoms with Crippen molar-refractivity contribution in [3.8, 4) is 0 Å². The van der Waals surface area contributed by atoms with Crippen LogP contribution in [0.2, 0.25) is 0 Å². The lowest BCUT2D eigenvalue weighted by Gasteiger charge is -2.39. The molecule has 2 aliphatic heterocycles. The van der Waals surface area contributed by atoms with Crippen molar-refractivity contribution in [2.24, 2.45) is 10.9 Å². The summed E-state index contributed by atoms with van der Waals surface area (Å²) in [5.41, 5.74) is 3.44. The molecule has 2 aromatic carbocycles. The first-order chi connectivity index (χ1) is 14.5. The molecule has 3 atom stereocenters. The van der Waals surface area contributed by atoms with Crippen LogP contribution >= 0.6 is 0 Å². The number of aliphatic imine (C=N–C) groups is 1. The number of allylic oxidation sites excluding steroid dienone is 1. The first-order valence-electron chi connectivity index (χ1n) is 9.78. The molecule has 2 unspecified atom stereocenters. The summed E-state index contributed by atoms with van der Waals surface area (Å²) in [6.07, 6.45) is 1.56. The molecule has 8 nitrogen and oxygen atoms in total. The van der Waals surface area contributed by atoms with Gasteiger partial charge in [0.15, 0.2) is 0 Å². The molecule has 0 saturated heterocycles. The molecule has 2 heterocycles. The Labute approximate surface area is 173 Å². The second-order valence-corrected chi connectivity index (χ2v) is 7.23. The lowest BCUT2D eigenvalue weighted by atomic mass is 9.76. The van der Waals surface area contributed by atoms with Crippen LogP contribution in [-0.4, -0.2) is 29.9 Å². The van der Waals surface area contributed by atoms with E-state index >= 15 is 0 Å². The third kappa shape index (κ3) is 3.52. The van der Waals surface area contributed by atoms with Gasteiger partial charge in [-0.3, -0.25) is 15.1 Å². The minimum atomic E-state index is -0.458. The van der Waals surface area contributed by atoms with Crippen molar-refractivity contribution in [2.45, 2.75) is 25.9 Å². The Kier molecular flexibility index (Phi) is 5.22. The summed E-state index contributed by atoms with van der Waals surface area (Å²) in [6.45, 7) is 3.81. The molecule has 0 amide bonds.